The normalized spacial score (nSPS) is 17.5. The molecule has 3 rings (SSSR count). The molecule has 22 heavy (non-hydrogen) atoms. The zero-order valence-electron chi connectivity index (χ0n) is 12.9. The van der Waals surface area contributed by atoms with Crippen LogP contribution in [-0.4, -0.2) is 60.5 Å². The minimum atomic E-state index is -0.516. The van der Waals surface area contributed by atoms with E-state index >= 15 is 0 Å². The smallest absolute Gasteiger partial charge is 0.145 e. The zero-order chi connectivity index (χ0) is 15.4. The molecular weight excluding hydrogens is 280 g/mol. The number of aryl methyl sites for hydroxylation is 1. The van der Waals surface area contributed by atoms with Crippen LogP contribution in [0.5, 0.6) is 5.75 Å². The molecule has 2 heterocycles. The summed E-state index contributed by atoms with van der Waals surface area (Å²) in [6, 6.07) is 9.88. The number of β-amino-alcohol motifs (C(OH)–C–C–N with tert-alkyl or cyclic N) is 1. The molecule has 1 aromatic carbocycles. The molecule has 1 atom stereocenters. The van der Waals surface area contributed by atoms with Crippen LogP contribution in [0, 0.1) is 6.92 Å². The van der Waals surface area contributed by atoms with Gasteiger partial charge in [0.1, 0.15) is 24.0 Å². The van der Waals surface area contributed by atoms with Gasteiger partial charge in [-0.3, -0.25) is 4.90 Å². The molecule has 0 amide bonds. The van der Waals surface area contributed by atoms with Crippen LogP contribution in [0.15, 0.2) is 30.3 Å². The summed E-state index contributed by atoms with van der Waals surface area (Å²) in [5, 5.41) is 11.2. The van der Waals surface area contributed by atoms with E-state index in [0.29, 0.717) is 6.54 Å². The van der Waals surface area contributed by atoms with Crippen LogP contribution in [0.3, 0.4) is 0 Å². The largest absolute Gasteiger partial charge is 0.489 e. The van der Waals surface area contributed by atoms with Gasteiger partial charge in [0, 0.05) is 30.7 Å². The van der Waals surface area contributed by atoms with E-state index in [0.717, 1.165) is 48.6 Å². The Labute approximate surface area is 130 Å². The Morgan fingerprint density at radius 1 is 1.27 bits per heavy atom. The monoisotopic (exact) mass is 302 g/mol. The number of nitrogens with zero attached hydrogens (tertiary/aromatic N) is 2. The van der Waals surface area contributed by atoms with Gasteiger partial charge in [0.25, 0.3) is 0 Å². The SMILES string of the molecule is Cc1ccc2cccc(OC[C@@H](O)CN3CCOCC3)c2n1. The van der Waals surface area contributed by atoms with E-state index in [9.17, 15) is 5.11 Å². The number of hydrogen-bond donors (Lipinski definition) is 1. The van der Waals surface area contributed by atoms with E-state index in [2.05, 4.69) is 9.88 Å². The number of fused-ring (bicyclic) bond motifs is 1. The number of aliphatic hydroxyl groups is 1. The molecule has 1 aliphatic rings. The Bertz CT molecular complexity index is 626. The Morgan fingerprint density at radius 3 is 2.91 bits per heavy atom. The minimum absolute atomic E-state index is 0.270. The summed E-state index contributed by atoms with van der Waals surface area (Å²) in [4.78, 5) is 6.73. The number of morpholine rings is 1. The predicted octanol–water partition coefficient (Wildman–Crippen LogP) is 1.62. The first-order valence-corrected chi connectivity index (χ1v) is 7.70. The highest BCUT2D eigenvalue weighted by Crippen LogP contribution is 2.24. The van der Waals surface area contributed by atoms with Gasteiger partial charge in [-0.25, -0.2) is 4.98 Å². The maximum atomic E-state index is 10.2. The average molecular weight is 302 g/mol. The van der Waals surface area contributed by atoms with Crippen molar-refractivity contribution >= 4 is 10.9 Å². The minimum Gasteiger partial charge on any atom is -0.489 e. The third-order valence-electron chi connectivity index (χ3n) is 3.83. The van der Waals surface area contributed by atoms with Gasteiger partial charge in [-0.2, -0.15) is 0 Å². The van der Waals surface area contributed by atoms with E-state index in [4.69, 9.17) is 9.47 Å². The lowest BCUT2D eigenvalue weighted by Crippen LogP contribution is -2.42. The maximum Gasteiger partial charge on any atom is 0.145 e. The number of aromatic nitrogens is 1. The van der Waals surface area contributed by atoms with Crippen LogP contribution in [-0.2, 0) is 4.74 Å². The number of benzene rings is 1. The Hall–Kier alpha value is -1.69. The summed E-state index contributed by atoms with van der Waals surface area (Å²) in [5.41, 5.74) is 1.80. The average Bonchev–Trinajstić information content (AvgIpc) is 2.54. The fourth-order valence-electron chi connectivity index (χ4n) is 2.65. The first-order valence-electron chi connectivity index (χ1n) is 7.70. The summed E-state index contributed by atoms with van der Waals surface area (Å²) in [7, 11) is 0. The molecule has 5 nitrogen and oxygen atoms in total. The highest BCUT2D eigenvalue weighted by atomic mass is 16.5. The van der Waals surface area contributed by atoms with Crippen LogP contribution in [0.25, 0.3) is 10.9 Å². The van der Waals surface area contributed by atoms with Gasteiger partial charge in [-0.05, 0) is 19.1 Å². The molecule has 1 aromatic heterocycles. The summed E-state index contributed by atoms with van der Waals surface area (Å²) in [6.07, 6.45) is -0.516. The highest BCUT2D eigenvalue weighted by molar-refractivity contribution is 5.84. The van der Waals surface area contributed by atoms with Crippen LogP contribution < -0.4 is 4.74 Å². The van der Waals surface area contributed by atoms with Crippen molar-refractivity contribution in [1.29, 1.82) is 0 Å². The third-order valence-corrected chi connectivity index (χ3v) is 3.83. The Morgan fingerprint density at radius 2 is 2.09 bits per heavy atom. The quantitative estimate of drug-likeness (QED) is 0.909. The van der Waals surface area contributed by atoms with Crippen molar-refractivity contribution < 1.29 is 14.6 Å². The first-order chi connectivity index (χ1) is 10.7. The molecule has 0 spiro atoms. The van der Waals surface area contributed by atoms with Crippen molar-refractivity contribution in [1.82, 2.24) is 9.88 Å². The lowest BCUT2D eigenvalue weighted by atomic mass is 10.2. The standard InChI is InChI=1S/C17H22N2O3/c1-13-5-6-14-3-2-4-16(17(14)18-13)22-12-15(20)11-19-7-9-21-10-8-19/h2-6,15,20H,7-12H2,1H3/t15-/m0/s1. The lowest BCUT2D eigenvalue weighted by Gasteiger charge is -2.28. The maximum absolute atomic E-state index is 10.2. The summed E-state index contributed by atoms with van der Waals surface area (Å²) < 4.78 is 11.1. The molecule has 2 aromatic rings. The Balaban J connectivity index is 1.62. The topological polar surface area (TPSA) is 54.8 Å². The second kappa shape index (κ2) is 7.05. The van der Waals surface area contributed by atoms with Crippen molar-refractivity contribution in [2.75, 3.05) is 39.5 Å². The lowest BCUT2D eigenvalue weighted by molar-refractivity contribution is 0.00478. The van der Waals surface area contributed by atoms with Crippen molar-refractivity contribution in [3.05, 3.63) is 36.0 Å². The van der Waals surface area contributed by atoms with Crippen molar-refractivity contribution in [2.24, 2.45) is 0 Å². The van der Waals surface area contributed by atoms with Gasteiger partial charge < -0.3 is 14.6 Å². The predicted molar refractivity (Wildman–Crippen MR) is 85.2 cm³/mol. The van der Waals surface area contributed by atoms with Gasteiger partial charge in [0.15, 0.2) is 0 Å². The van der Waals surface area contributed by atoms with Crippen molar-refractivity contribution in [2.45, 2.75) is 13.0 Å². The van der Waals surface area contributed by atoms with Crippen LogP contribution in [0.2, 0.25) is 0 Å². The highest BCUT2D eigenvalue weighted by Gasteiger charge is 2.15. The molecule has 1 aliphatic heterocycles. The van der Waals surface area contributed by atoms with Gasteiger partial charge in [0.05, 0.1) is 13.2 Å². The molecule has 0 radical (unpaired) electrons. The number of pyridine rings is 1. The van der Waals surface area contributed by atoms with E-state index in [-0.39, 0.29) is 6.61 Å². The van der Waals surface area contributed by atoms with Crippen molar-refractivity contribution in [3.63, 3.8) is 0 Å². The first kappa shape index (κ1) is 15.2. The molecule has 0 aliphatic carbocycles. The van der Waals surface area contributed by atoms with Crippen molar-refractivity contribution in [3.8, 4) is 5.75 Å². The summed E-state index contributed by atoms with van der Waals surface area (Å²) in [5.74, 6) is 0.724. The molecule has 1 saturated heterocycles. The molecular formula is C17H22N2O3. The van der Waals surface area contributed by atoms with E-state index < -0.39 is 6.10 Å². The number of para-hydroxylation sites is 1. The van der Waals surface area contributed by atoms with Crippen LogP contribution >= 0.6 is 0 Å². The van der Waals surface area contributed by atoms with Crippen LogP contribution in [0.4, 0.5) is 0 Å². The zero-order valence-corrected chi connectivity index (χ0v) is 12.9. The fourth-order valence-corrected chi connectivity index (χ4v) is 2.65. The molecule has 0 unspecified atom stereocenters. The van der Waals surface area contributed by atoms with E-state index in [1.54, 1.807) is 0 Å². The molecule has 0 bridgehead atoms. The van der Waals surface area contributed by atoms with Gasteiger partial charge in [-0.1, -0.05) is 18.2 Å². The Kier molecular flexibility index (Phi) is 4.87. The third kappa shape index (κ3) is 3.74. The summed E-state index contributed by atoms with van der Waals surface area (Å²) >= 11 is 0. The number of rotatable bonds is 5. The summed E-state index contributed by atoms with van der Waals surface area (Å²) in [6.45, 7) is 6.05. The molecule has 118 valence electrons. The molecule has 1 fully saturated rings. The fraction of sp³-hybridized carbons (Fsp3) is 0.471. The second-order valence-electron chi connectivity index (χ2n) is 5.66. The van der Waals surface area contributed by atoms with Crippen LogP contribution in [0.1, 0.15) is 5.69 Å². The van der Waals surface area contributed by atoms with Gasteiger partial charge in [0.2, 0.25) is 0 Å². The van der Waals surface area contributed by atoms with Gasteiger partial charge in [-0.15, -0.1) is 0 Å². The van der Waals surface area contributed by atoms with E-state index in [1.807, 2.05) is 37.3 Å². The molecule has 5 heteroatoms. The molecule has 1 N–H and O–H groups in total. The number of hydrogen-bond acceptors (Lipinski definition) is 5. The number of ether oxygens (including phenoxy) is 2. The van der Waals surface area contributed by atoms with Gasteiger partial charge >= 0.3 is 0 Å². The van der Waals surface area contributed by atoms with E-state index in [1.165, 1.54) is 0 Å². The molecule has 0 saturated carbocycles. The second-order valence-corrected chi connectivity index (χ2v) is 5.66. The number of aliphatic hydroxyl groups excluding tert-OH is 1.